The van der Waals surface area contributed by atoms with Gasteiger partial charge in [-0.15, -0.1) is 0 Å². The molecule has 0 radical (unpaired) electrons. The summed E-state index contributed by atoms with van der Waals surface area (Å²) in [4.78, 5) is 14.1. The minimum atomic E-state index is 0.196. The molecule has 1 fully saturated rings. The SMILES string of the molecule is CC(C)CCN(C)C(=O)C1CCCC1CN. The van der Waals surface area contributed by atoms with E-state index in [1.165, 1.54) is 0 Å². The van der Waals surface area contributed by atoms with Gasteiger partial charge in [-0.1, -0.05) is 20.3 Å². The molecule has 0 aliphatic heterocycles. The zero-order valence-corrected chi connectivity index (χ0v) is 10.9. The normalized spacial score (nSPS) is 25.1. The maximum atomic E-state index is 12.2. The van der Waals surface area contributed by atoms with E-state index in [4.69, 9.17) is 5.73 Å². The first kappa shape index (κ1) is 13.5. The minimum Gasteiger partial charge on any atom is -0.346 e. The highest BCUT2D eigenvalue weighted by Crippen LogP contribution is 2.32. The van der Waals surface area contributed by atoms with Crippen LogP contribution in [0.25, 0.3) is 0 Å². The Bertz CT molecular complexity index is 228. The molecule has 0 bridgehead atoms. The molecule has 0 aromatic carbocycles. The number of nitrogens with two attached hydrogens (primary N) is 1. The monoisotopic (exact) mass is 226 g/mol. The molecule has 1 saturated carbocycles. The van der Waals surface area contributed by atoms with Crippen molar-refractivity contribution in [2.45, 2.75) is 39.5 Å². The van der Waals surface area contributed by atoms with Crippen LogP contribution in [-0.2, 0) is 4.79 Å². The van der Waals surface area contributed by atoms with Gasteiger partial charge in [0.1, 0.15) is 0 Å². The molecule has 1 amide bonds. The number of nitrogens with zero attached hydrogens (tertiary/aromatic N) is 1. The van der Waals surface area contributed by atoms with E-state index in [1.807, 2.05) is 11.9 Å². The summed E-state index contributed by atoms with van der Waals surface area (Å²) < 4.78 is 0. The van der Waals surface area contributed by atoms with Crippen molar-refractivity contribution in [3.8, 4) is 0 Å². The van der Waals surface area contributed by atoms with Gasteiger partial charge in [0.2, 0.25) is 5.91 Å². The maximum Gasteiger partial charge on any atom is 0.225 e. The quantitative estimate of drug-likeness (QED) is 0.778. The van der Waals surface area contributed by atoms with Gasteiger partial charge in [0, 0.05) is 19.5 Å². The Labute approximate surface area is 99.4 Å². The van der Waals surface area contributed by atoms with E-state index in [1.54, 1.807) is 0 Å². The van der Waals surface area contributed by atoms with Crippen molar-refractivity contribution in [1.29, 1.82) is 0 Å². The lowest BCUT2D eigenvalue weighted by Crippen LogP contribution is -2.37. The average molecular weight is 226 g/mol. The largest absolute Gasteiger partial charge is 0.346 e. The zero-order valence-electron chi connectivity index (χ0n) is 10.9. The zero-order chi connectivity index (χ0) is 12.1. The van der Waals surface area contributed by atoms with Crippen molar-refractivity contribution in [2.24, 2.45) is 23.5 Å². The fraction of sp³-hybridized carbons (Fsp3) is 0.923. The van der Waals surface area contributed by atoms with Gasteiger partial charge in [-0.3, -0.25) is 4.79 Å². The highest BCUT2D eigenvalue weighted by molar-refractivity contribution is 5.79. The molecular weight excluding hydrogens is 200 g/mol. The van der Waals surface area contributed by atoms with Crippen LogP contribution in [0, 0.1) is 17.8 Å². The maximum absolute atomic E-state index is 12.2. The molecule has 2 atom stereocenters. The fourth-order valence-corrected chi connectivity index (χ4v) is 2.49. The lowest BCUT2D eigenvalue weighted by molar-refractivity contribution is -0.135. The molecule has 3 heteroatoms. The summed E-state index contributed by atoms with van der Waals surface area (Å²) in [6.45, 7) is 5.92. The van der Waals surface area contributed by atoms with Gasteiger partial charge < -0.3 is 10.6 Å². The summed E-state index contributed by atoms with van der Waals surface area (Å²) in [7, 11) is 1.93. The van der Waals surface area contributed by atoms with Gasteiger partial charge in [-0.05, 0) is 37.6 Å². The molecule has 1 aliphatic carbocycles. The molecule has 1 rings (SSSR count). The molecule has 1 aliphatic rings. The summed E-state index contributed by atoms with van der Waals surface area (Å²) in [5.41, 5.74) is 5.71. The Morgan fingerprint density at radius 3 is 2.69 bits per heavy atom. The molecule has 0 aromatic heterocycles. The standard InChI is InChI=1S/C13H26N2O/c1-10(2)7-8-15(3)13(16)12-6-4-5-11(12)9-14/h10-12H,4-9,14H2,1-3H3. The Morgan fingerprint density at radius 2 is 2.12 bits per heavy atom. The van der Waals surface area contributed by atoms with Gasteiger partial charge in [0.25, 0.3) is 0 Å². The molecule has 2 unspecified atom stereocenters. The van der Waals surface area contributed by atoms with Crippen molar-refractivity contribution >= 4 is 5.91 Å². The number of hydrogen-bond donors (Lipinski definition) is 1. The Hall–Kier alpha value is -0.570. The predicted octanol–water partition coefficient (Wildman–Crippen LogP) is 1.87. The number of rotatable bonds is 5. The topological polar surface area (TPSA) is 46.3 Å². The van der Waals surface area contributed by atoms with Gasteiger partial charge >= 0.3 is 0 Å². The van der Waals surface area contributed by atoms with Gasteiger partial charge in [0.15, 0.2) is 0 Å². The summed E-state index contributed by atoms with van der Waals surface area (Å²) in [5, 5.41) is 0. The van der Waals surface area contributed by atoms with Crippen LogP contribution in [0.1, 0.15) is 39.5 Å². The molecular formula is C13H26N2O. The first-order valence-electron chi connectivity index (χ1n) is 6.51. The van der Waals surface area contributed by atoms with E-state index in [0.717, 1.165) is 32.2 Å². The minimum absolute atomic E-state index is 0.196. The lowest BCUT2D eigenvalue weighted by atomic mass is 9.94. The van der Waals surface area contributed by atoms with Crippen molar-refractivity contribution in [1.82, 2.24) is 4.90 Å². The van der Waals surface area contributed by atoms with Crippen LogP contribution in [0.15, 0.2) is 0 Å². The number of carbonyl (C=O) groups excluding carboxylic acids is 1. The van der Waals surface area contributed by atoms with E-state index in [9.17, 15) is 4.79 Å². The second kappa shape index (κ2) is 6.24. The third kappa shape index (κ3) is 3.48. The highest BCUT2D eigenvalue weighted by atomic mass is 16.2. The van der Waals surface area contributed by atoms with Crippen LogP contribution in [-0.4, -0.2) is 30.9 Å². The van der Waals surface area contributed by atoms with Crippen LogP contribution in [0.2, 0.25) is 0 Å². The average Bonchev–Trinajstić information content (AvgIpc) is 2.72. The van der Waals surface area contributed by atoms with Crippen LogP contribution in [0.4, 0.5) is 0 Å². The molecule has 16 heavy (non-hydrogen) atoms. The van der Waals surface area contributed by atoms with E-state index in [-0.39, 0.29) is 5.92 Å². The highest BCUT2D eigenvalue weighted by Gasteiger charge is 2.33. The Morgan fingerprint density at radius 1 is 1.44 bits per heavy atom. The van der Waals surface area contributed by atoms with E-state index < -0.39 is 0 Å². The summed E-state index contributed by atoms with van der Waals surface area (Å²) in [6, 6.07) is 0. The third-order valence-corrected chi connectivity index (χ3v) is 3.70. The number of amides is 1. The Kier molecular flexibility index (Phi) is 5.26. The van der Waals surface area contributed by atoms with Gasteiger partial charge in [0.05, 0.1) is 0 Å². The molecule has 3 nitrogen and oxygen atoms in total. The molecule has 2 N–H and O–H groups in total. The van der Waals surface area contributed by atoms with Crippen molar-refractivity contribution < 1.29 is 4.79 Å². The van der Waals surface area contributed by atoms with Crippen molar-refractivity contribution in [3.63, 3.8) is 0 Å². The first-order valence-corrected chi connectivity index (χ1v) is 6.51. The molecule has 0 heterocycles. The first-order chi connectivity index (χ1) is 7.56. The second-order valence-corrected chi connectivity index (χ2v) is 5.48. The number of hydrogen-bond acceptors (Lipinski definition) is 2. The van der Waals surface area contributed by atoms with E-state index in [2.05, 4.69) is 13.8 Å². The van der Waals surface area contributed by atoms with E-state index in [0.29, 0.717) is 24.3 Å². The predicted molar refractivity (Wildman–Crippen MR) is 67.0 cm³/mol. The molecule has 94 valence electrons. The lowest BCUT2D eigenvalue weighted by Gasteiger charge is -2.25. The molecule has 0 saturated heterocycles. The van der Waals surface area contributed by atoms with Gasteiger partial charge in [-0.25, -0.2) is 0 Å². The van der Waals surface area contributed by atoms with Crippen LogP contribution in [0.5, 0.6) is 0 Å². The second-order valence-electron chi connectivity index (χ2n) is 5.48. The smallest absolute Gasteiger partial charge is 0.225 e. The Balaban J connectivity index is 2.43. The van der Waals surface area contributed by atoms with Crippen LogP contribution < -0.4 is 5.73 Å². The summed E-state index contributed by atoms with van der Waals surface area (Å²) in [5.74, 6) is 1.59. The fourth-order valence-electron chi connectivity index (χ4n) is 2.49. The number of carbonyl (C=O) groups is 1. The summed E-state index contributed by atoms with van der Waals surface area (Å²) in [6.07, 6.45) is 4.41. The summed E-state index contributed by atoms with van der Waals surface area (Å²) >= 11 is 0. The van der Waals surface area contributed by atoms with E-state index >= 15 is 0 Å². The van der Waals surface area contributed by atoms with Crippen LogP contribution >= 0.6 is 0 Å². The van der Waals surface area contributed by atoms with Crippen LogP contribution in [0.3, 0.4) is 0 Å². The molecule has 0 spiro atoms. The van der Waals surface area contributed by atoms with Crippen molar-refractivity contribution in [3.05, 3.63) is 0 Å². The van der Waals surface area contributed by atoms with Gasteiger partial charge in [-0.2, -0.15) is 0 Å². The molecule has 0 aromatic rings. The van der Waals surface area contributed by atoms with Crippen molar-refractivity contribution in [2.75, 3.05) is 20.1 Å². The third-order valence-electron chi connectivity index (χ3n) is 3.70.